The molecule has 9 nitrogen and oxygen atoms in total. The molecule has 0 aliphatic heterocycles. The molecule has 0 saturated heterocycles. The Balaban J connectivity index is 1.87. The second-order valence-corrected chi connectivity index (χ2v) is 5.45. The number of carboxylic acid groups (broad SMARTS) is 1. The van der Waals surface area contributed by atoms with Crippen LogP contribution in [0, 0.1) is 0 Å². The molecule has 9 heteroatoms. The number of carboxylic acids is 1. The lowest BCUT2D eigenvalue weighted by Crippen LogP contribution is -2.12. The minimum atomic E-state index is -1.01. The van der Waals surface area contributed by atoms with Crippen LogP contribution < -0.4 is 9.47 Å². The average Bonchev–Trinajstić information content (AvgIpc) is 3.13. The van der Waals surface area contributed by atoms with Gasteiger partial charge >= 0.3 is 5.97 Å². The molecule has 3 heterocycles. The van der Waals surface area contributed by atoms with Gasteiger partial charge < -0.3 is 14.6 Å². The molecular weight excluding hydrogens is 352 g/mol. The van der Waals surface area contributed by atoms with Gasteiger partial charge in [0.1, 0.15) is 18.9 Å². The molecule has 0 atom stereocenters. The Morgan fingerprint density at radius 2 is 2.15 bits per heavy atom. The Morgan fingerprint density at radius 1 is 1.30 bits per heavy atom. The molecule has 0 fully saturated rings. The number of methoxy groups -OCH3 is 1. The van der Waals surface area contributed by atoms with Crippen molar-refractivity contribution in [1.82, 2.24) is 19.7 Å². The van der Waals surface area contributed by atoms with Crippen molar-refractivity contribution in [2.75, 3.05) is 7.11 Å². The fraction of sp³-hybridized carbons (Fsp3) is 0.167. The van der Waals surface area contributed by atoms with E-state index >= 15 is 0 Å². The number of ether oxygens (including phenoxy) is 2. The highest BCUT2D eigenvalue weighted by Gasteiger charge is 2.15. The molecule has 1 N–H and O–H groups in total. The normalized spacial score (nSPS) is 10.4. The van der Waals surface area contributed by atoms with Crippen molar-refractivity contribution in [2.24, 2.45) is 0 Å². The van der Waals surface area contributed by atoms with Gasteiger partial charge in [-0.2, -0.15) is 5.10 Å². The summed E-state index contributed by atoms with van der Waals surface area (Å²) in [5.74, 6) is -0.391. The van der Waals surface area contributed by atoms with Crippen molar-refractivity contribution in [3.8, 4) is 23.0 Å². The zero-order chi connectivity index (χ0) is 19.2. The quantitative estimate of drug-likeness (QED) is 0.599. The second kappa shape index (κ2) is 8.09. The summed E-state index contributed by atoms with van der Waals surface area (Å²) < 4.78 is 12.1. The van der Waals surface area contributed by atoms with E-state index in [0.29, 0.717) is 40.4 Å². The lowest BCUT2D eigenvalue weighted by molar-refractivity contribution is -0.137. The van der Waals surface area contributed by atoms with E-state index < -0.39 is 5.97 Å². The van der Waals surface area contributed by atoms with Gasteiger partial charge in [-0.3, -0.25) is 19.3 Å². The van der Waals surface area contributed by atoms with Gasteiger partial charge in [-0.25, -0.2) is 4.98 Å². The molecule has 0 spiro atoms. The average molecular weight is 368 g/mol. The maximum Gasteiger partial charge on any atom is 0.325 e. The number of carbonyl (C=O) groups is 2. The molecule has 138 valence electrons. The summed E-state index contributed by atoms with van der Waals surface area (Å²) in [4.78, 5) is 30.6. The van der Waals surface area contributed by atoms with E-state index in [0.717, 1.165) is 0 Å². The molecule has 3 aromatic rings. The Kier molecular flexibility index (Phi) is 5.41. The third kappa shape index (κ3) is 4.09. The third-order valence-corrected chi connectivity index (χ3v) is 3.73. The zero-order valence-corrected chi connectivity index (χ0v) is 14.4. The number of aromatic nitrogens is 4. The van der Waals surface area contributed by atoms with Crippen LogP contribution in [0.25, 0.3) is 11.4 Å². The highest BCUT2D eigenvalue weighted by atomic mass is 16.5. The maximum atomic E-state index is 11.3. The van der Waals surface area contributed by atoms with Crippen LogP contribution in [0.1, 0.15) is 15.9 Å². The first-order chi connectivity index (χ1) is 13.1. The predicted octanol–water partition coefficient (Wildman–Crippen LogP) is 1.82. The van der Waals surface area contributed by atoms with Crippen LogP contribution in [0.3, 0.4) is 0 Å². The first-order valence-electron chi connectivity index (χ1n) is 7.92. The number of carbonyl (C=O) groups excluding carboxylic acids is 1. The Labute approximate surface area is 154 Å². The molecule has 0 radical (unpaired) electrons. The molecule has 0 unspecified atom stereocenters. The smallest absolute Gasteiger partial charge is 0.325 e. The number of rotatable bonds is 8. The van der Waals surface area contributed by atoms with Gasteiger partial charge in [-0.1, -0.05) is 6.07 Å². The van der Waals surface area contributed by atoms with E-state index in [1.54, 1.807) is 24.4 Å². The van der Waals surface area contributed by atoms with E-state index in [1.165, 1.54) is 30.3 Å². The lowest BCUT2D eigenvalue weighted by Gasteiger charge is -2.12. The summed E-state index contributed by atoms with van der Waals surface area (Å²) in [6.07, 6.45) is 5.18. The van der Waals surface area contributed by atoms with Crippen LogP contribution in [0.5, 0.6) is 11.6 Å². The molecule has 3 aromatic heterocycles. The first kappa shape index (κ1) is 18.1. The zero-order valence-electron chi connectivity index (χ0n) is 14.4. The van der Waals surface area contributed by atoms with E-state index in [9.17, 15) is 9.59 Å². The van der Waals surface area contributed by atoms with E-state index in [2.05, 4.69) is 15.1 Å². The largest absolute Gasteiger partial charge is 0.486 e. The van der Waals surface area contributed by atoms with Crippen LogP contribution in [-0.4, -0.2) is 44.2 Å². The highest BCUT2D eigenvalue weighted by Crippen LogP contribution is 2.25. The predicted molar refractivity (Wildman–Crippen MR) is 93.6 cm³/mol. The summed E-state index contributed by atoms with van der Waals surface area (Å²) in [6.45, 7) is -0.173. The lowest BCUT2D eigenvalue weighted by atomic mass is 10.1. The van der Waals surface area contributed by atoms with Gasteiger partial charge in [-0.05, 0) is 12.1 Å². The number of hydrogen-bond acceptors (Lipinski definition) is 7. The van der Waals surface area contributed by atoms with Crippen LogP contribution in [0.2, 0.25) is 0 Å². The van der Waals surface area contributed by atoms with Crippen molar-refractivity contribution in [2.45, 2.75) is 13.2 Å². The van der Waals surface area contributed by atoms with Gasteiger partial charge in [0.05, 0.1) is 30.3 Å². The second-order valence-electron chi connectivity index (χ2n) is 5.45. The van der Waals surface area contributed by atoms with Crippen molar-refractivity contribution < 1.29 is 24.2 Å². The van der Waals surface area contributed by atoms with Gasteiger partial charge in [0.15, 0.2) is 6.29 Å². The Bertz CT molecular complexity index is 970. The number of aldehydes is 1. The van der Waals surface area contributed by atoms with Crippen molar-refractivity contribution in [1.29, 1.82) is 0 Å². The number of pyridine rings is 2. The summed E-state index contributed by atoms with van der Waals surface area (Å²) in [7, 11) is 1.46. The molecule has 0 bridgehead atoms. The molecule has 3 rings (SSSR count). The molecular formula is C18H16N4O5. The minimum absolute atomic E-state index is 0.107. The summed E-state index contributed by atoms with van der Waals surface area (Å²) in [6, 6.07) is 6.71. The van der Waals surface area contributed by atoms with E-state index in [1.807, 2.05) is 0 Å². The monoisotopic (exact) mass is 368 g/mol. The number of hydrogen-bond donors (Lipinski definition) is 1. The molecule has 0 aromatic carbocycles. The standard InChI is InChI=1S/C18H16N4O5/c1-26-16-7-13(10-23)15(8-20-16)27-11-12-3-2-5-19-18(12)14-4-6-21-22(14)9-17(24)25/h2-8,10H,9,11H2,1H3,(H,24,25). The minimum Gasteiger partial charge on any atom is -0.486 e. The van der Waals surface area contributed by atoms with Gasteiger partial charge in [0.2, 0.25) is 5.88 Å². The Morgan fingerprint density at radius 3 is 2.89 bits per heavy atom. The fourth-order valence-corrected chi connectivity index (χ4v) is 2.49. The van der Waals surface area contributed by atoms with Gasteiger partial charge in [0, 0.05) is 24.0 Å². The van der Waals surface area contributed by atoms with E-state index in [4.69, 9.17) is 14.6 Å². The maximum absolute atomic E-state index is 11.3. The molecule has 0 saturated carbocycles. The van der Waals surface area contributed by atoms with Gasteiger partial charge in [0.25, 0.3) is 0 Å². The topological polar surface area (TPSA) is 116 Å². The summed E-state index contributed by atoms with van der Waals surface area (Å²) in [5.41, 5.74) is 2.12. The molecule has 0 amide bonds. The SMILES string of the molecule is COc1cc(C=O)c(OCc2cccnc2-c2ccnn2CC(=O)O)cn1. The molecule has 27 heavy (non-hydrogen) atoms. The van der Waals surface area contributed by atoms with Crippen LogP contribution in [0.15, 0.2) is 42.9 Å². The van der Waals surface area contributed by atoms with Crippen LogP contribution in [-0.2, 0) is 17.9 Å². The number of aliphatic carboxylic acids is 1. The summed E-state index contributed by atoms with van der Waals surface area (Å²) >= 11 is 0. The van der Waals surface area contributed by atoms with Crippen molar-refractivity contribution in [3.63, 3.8) is 0 Å². The van der Waals surface area contributed by atoms with Crippen LogP contribution in [0.4, 0.5) is 0 Å². The highest BCUT2D eigenvalue weighted by molar-refractivity contribution is 5.79. The Hall–Kier alpha value is -3.75. The molecule has 0 aliphatic carbocycles. The van der Waals surface area contributed by atoms with Crippen molar-refractivity contribution >= 4 is 12.3 Å². The third-order valence-electron chi connectivity index (χ3n) is 3.73. The van der Waals surface area contributed by atoms with Crippen molar-refractivity contribution in [3.05, 3.63) is 54.0 Å². The first-order valence-corrected chi connectivity index (χ1v) is 7.92. The summed E-state index contributed by atoms with van der Waals surface area (Å²) in [5, 5.41) is 13.0. The fourth-order valence-electron chi connectivity index (χ4n) is 2.49. The van der Waals surface area contributed by atoms with Gasteiger partial charge in [-0.15, -0.1) is 0 Å². The molecule has 0 aliphatic rings. The number of nitrogens with zero attached hydrogens (tertiary/aromatic N) is 4. The van der Waals surface area contributed by atoms with E-state index in [-0.39, 0.29) is 13.2 Å². The van der Waals surface area contributed by atoms with Crippen LogP contribution >= 0.6 is 0 Å².